The molecule has 0 aromatic carbocycles. The van der Waals surface area contributed by atoms with E-state index < -0.39 is 5.60 Å². The number of aliphatic hydroxyl groups is 1. The highest BCUT2D eigenvalue weighted by molar-refractivity contribution is 14.0. The van der Waals surface area contributed by atoms with Crippen LogP contribution in [0, 0.1) is 11.3 Å². The van der Waals surface area contributed by atoms with E-state index in [1.54, 1.807) is 0 Å². The highest BCUT2D eigenvalue weighted by Gasteiger charge is 2.35. The van der Waals surface area contributed by atoms with Gasteiger partial charge in [0.25, 0.3) is 0 Å². The Kier molecular flexibility index (Phi) is 9.46. The first-order valence-corrected chi connectivity index (χ1v) is 9.70. The molecule has 148 valence electrons. The van der Waals surface area contributed by atoms with Gasteiger partial charge in [-0.2, -0.15) is 0 Å². The van der Waals surface area contributed by atoms with E-state index >= 15 is 0 Å². The molecule has 1 saturated heterocycles. The maximum atomic E-state index is 10.5. The lowest BCUT2D eigenvalue weighted by molar-refractivity contribution is -0.0835. The van der Waals surface area contributed by atoms with E-state index in [1.165, 1.54) is 6.42 Å². The summed E-state index contributed by atoms with van der Waals surface area (Å²) in [6.45, 7) is 11.9. The van der Waals surface area contributed by atoms with E-state index in [0.29, 0.717) is 12.5 Å². The molecule has 2 aliphatic rings. The van der Waals surface area contributed by atoms with Crippen LogP contribution in [0.15, 0.2) is 4.99 Å². The van der Waals surface area contributed by atoms with Crippen molar-refractivity contribution in [2.24, 2.45) is 16.3 Å². The first-order chi connectivity index (χ1) is 11.3. The fourth-order valence-corrected chi connectivity index (χ4v) is 4.00. The minimum absolute atomic E-state index is 0. The third-order valence-corrected chi connectivity index (χ3v) is 5.24. The van der Waals surface area contributed by atoms with Gasteiger partial charge in [0.2, 0.25) is 0 Å². The number of nitrogens with one attached hydrogen (secondary N) is 2. The van der Waals surface area contributed by atoms with Crippen LogP contribution in [0.3, 0.4) is 0 Å². The van der Waals surface area contributed by atoms with E-state index in [-0.39, 0.29) is 35.5 Å². The average Bonchev–Trinajstić information content (AvgIpc) is 2.96. The van der Waals surface area contributed by atoms with Crippen LogP contribution in [-0.2, 0) is 4.74 Å². The number of hydrogen-bond donors (Lipinski definition) is 3. The summed E-state index contributed by atoms with van der Waals surface area (Å²) in [5.74, 6) is 1.31. The number of ether oxygens (including phenoxy) is 1. The Morgan fingerprint density at radius 2 is 1.88 bits per heavy atom. The molecular weight excluding hydrogens is 429 g/mol. The van der Waals surface area contributed by atoms with E-state index in [0.717, 1.165) is 57.8 Å². The molecule has 0 spiro atoms. The third kappa shape index (κ3) is 7.21. The predicted molar refractivity (Wildman–Crippen MR) is 115 cm³/mol. The number of hydrogen-bond acceptors (Lipinski definition) is 3. The van der Waals surface area contributed by atoms with Gasteiger partial charge < -0.3 is 20.5 Å². The smallest absolute Gasteiger partial charge is 0.191 e. The number of guanidine groups is 1. The Morgan fingerprint density at radius 3 is 2.48 bits per heavy atom. The molecule has 2 rings (SSSR count). The van der Waals surface area contributed by atoms with E-state index in [1.807, 2.05) is 0 Å². The topological polar surface area (TPSA) is 65.9 Å². The fraction of sp³-hybridized carbons (Fsp3) is 0.947. The molecule has 0 radical (unpaired) electrons. The zero-order valence-electron chi connectivity index (χ0n) is 16.4. The number of nitrogens with zero attached hydrogens (tertiary/aromatic N) is 1. The highest BCUT2D eigenvalue weighted by Crippen LogP contribution is 2.33. The van der Waals surface area contributed by atoms with Crippen molar-refractivity contribution in [3.8, 4) is 0 Å². The van der Waals surface area contributed by atoms with Crippen LogP contribution in [0.5, 0.6) is 0 Å². The standard InChI is InChI=1S/C19H37N3O2.HI/c1-5-20-17(22-14-19(23)10-6-7-11-19)21-13-15-9-8-12-24-16(15)18(2,3)4;/h15-16,23H,5-14H2,1-4H3,(H2,20,21,22);1H. The molecule has 0 amide bonds. The molecule has 3 N–H and O–H groups in total. The highest BCUT2D eigenvalue weighted by atomic mass is 127. The molecule has 0 bridgehead atoms. The molecule has 6 heteroatoms. The molecular formula is C19H38IN3O2. The molecule has 0 aromatic heterocycles. The Balaban J connectivity index is 0.00000312. The minimum atomic E-state index is -0.593. The summed E-state index contributed by atoms with van der Waals surface area (Å²) in [5, 5.41) is 17.3. The van der Waals surface area contributed by atoms with Crippen molar-refractivity contribution in [1.29, 1.82) is 0 Å². The summed E-state index contributed by atoms with van der Waals surface area (Å²) in [5.41, 5.74) is -0.439. The zero-order chi connectivity index (χ0) is 17.6. The molecule has 1 saturated carbocycles. The van der Waals surface area contributed by atoms with Gasteiger partial charge in [0, 0.05) is 25.6 Å². The van der Waals surface area contributed by atoms with Gasteiger partial charge >= 0.3 is 0 Å². The molecule has 1 aliphatic carbocycles. The van der Waals surface area contributed by atoms with Crippen molar-refractivity contribution < 1.29 is 9.84 Å². The molecule has 25 heavy (non-hydrogen) atoms. The molecule has 5 nitrogen and oxygen atoms in total. The third-order valence-electron chi connectivity index (χ3n) is 5.24. The first kappa shape index (κ1) is 23.0. The summed E-state index contributed by atoms with van der Waals surface area (Å²) in [6, 6.07) is 0. The van der Waals surface area contributed by atoms with Gasteiger partial charge in [0.15, 0.2) is 5.96 Å². The molecule has 2 atom stereocenters. The van der Waals surface area contributed by atoms with Crippen molar-refractivity contribution >= 4 is 29.9 Å². The van der Waals surface area contributed by atoms with Gasteiger partial charge in [-0.1, -0.05) is 33.6 Å². The van der Waals surface area contributed by atoms with Gasteiger partial charge in [-0.05, 0) is 38.0 Å². The van der Waals surface area contributed by atoms with Crippen molar-refractivity contribution in [2.45, 2.75) is 77.9 Å². The summed E-state index contributed by atoms with van der Waals surface area (Å²) in [7, 11) is 0. The van der Waals surface area contributed by atoms with Crippen LogP contribution in [0.1, 0.15) is 66.2 Å². The zero-order valence-corrected chi connectivity index (χ0v) is 18.8. The number of aliphatic imine (C=N–C) groups is 1. The Bertz CT molecular complexity index is 417. The fourth-order valence-electron chi connectivity index (χ4n) is 4.00. The Morgan fingerprint density at radius 1 is 1.20 bits per heavy atom. The molecule has 1 aliphatic heterocycles. The lowest BCUT2D eigenvalue weighted by Gasteiger charge is -2.40. The summed E-state index contributed by atoms with van der Waals surface area (Å²) < 4.78 is 6.06. The van der Waals surface area contributed by atoms with Crippen LogP contribution < -0.4 is 10.6 Å². The van der Waals surface area contributed by atoms with Crippen LogP contribution in [0.25, 0.3) is 0 Å². The second-order valence-corrected chi connectivity index (χ2v) is 8.57. The maximum absolute atomic E-state index is 10.5. The van der Waals surface area contributed by atoms with Gasteiger partial charge in [-0.3, -0.25) is 4.99 Å². The normalized spacial score (nSPS) is 26.8. The van der Waals surface area contributed by atoms with Crippen molar-refractivity contribution in [2.75, 3.05) is 26.2 Å². The largest absolute Gasteiger partial charge is 0.388 e. The van der Waals surface area contributed by atoms with Crippen LogP contribution in [-0.4, -0.2) is 49.0 Å². The minimum Gasteiger partial charge on any atom is -0.388 e. The lowest BCUT2D eigenvalue weighted by Crippen LogP contribution is -2.47. The van der Waals surface area contributed by atoms with Crippen LogP contribution in [0.4, 0.5) is 0 Å². The maximum Gasteiger partial charge on any atom is 0.191 e. The van der Waals surface area contributed by atoms with E-state index in [9.17, 15) is 5.11 Å². The average molecular weight is 467 g/mol. The van der Waals surface area contributed by atoms with E-state index in [4.69, 9.17) is 4.74 Å². The van der Waals surface area contributed by atoms with Gasteiger partial charge in [0.1, 0.15) is 0 Å². The van der Waals surface area contributed by atoms with Crippen LogP contribution in [0.2, 0.25) is 0 Å². The molecule has 0 aromatic rings. The number of rotatable bonds is 5. The Labute approximate surface area is 170 Å². The summed E-state index contributed by atoms with van der Waals surface area (Å²) in [6.07, 6.45) is 6.58. The van der Waals surface area contributed by atoms with Gasteiger partial charge in [-0.25, -0.2) is 0 Å². The predicted octanol–water partition coefficient (Wildman–Crippen LogP) is 3.31. The first-order valence-electron chi connectivity index (χ1n) is 9.70. The van der Waals surface area contributed by atoms with Gasteiger partial charge in [0.05, 0.1) is 18.2 Å². The second kappa shape index (κ2) is 10.3. The Hall–Kier alpha value is -0.0800. The lowest BCUT2D eigenvalue weighted by atomic mass is 9.78. The van der Waals surface area contributed by atoms with Crippen molar-refractivity contribution in [1.82, 2.24) is 10.6 Å². The van der Waals surface area contributed by atoms with E-state index in [2.05, 4.69) is 43.3 Å². The second-order valence-electron chi connectivity index (χ2n) is 8.57. The van der Waals surface area contributed by atoms with Crippen LogP contribution >= 0.6 is 24.0 Å². The quantitative estimate of drug-likeness (QED) is 0.330. The molecule has 2 unspecified atom stereocenters. The van der Waals surface area contributed by atoms with Crippen molar-refractivity contribution in [3.05, 3.63) is 0 Å². The number of halogens is 1. The summed E-state index contributed by atoms with van der Waals surface area (Å²) in [4.78, 5) is 4.64. The molecule has 1 heterocycles. The van der Waals surface area contributed by atoms with Crippen molar-refractivity contribution in [3.63, 3.8) is 0 Å². The SMILES string of the molecule is CCNC(=NCC1(O)CCCC1)NCC1CCCOC1C(C)(C)C.I. The molecule has 2 fully saturated rings. The van der Waals surface area contributed by atoms with Gasteiger partial charge in [-0.15, -0.1) is 24.0 Å². The monoisotopic (exact) mass is 467 g/mol. The summed E-state index contributed by atoms with van der Waals surface area (Å²) >= 11 is 0.